The van der Waals surface area contributed by atoms with E-state index in [2.05, 4.69) is 20.4 Å². The number of halogens is 3. The predicted octanol–water partition coefficient (Wildman–Crippen LogP) is 1.98. The molecule has 0 spiro atoms. The van der Waals surface area contributed by atoms with Crippen LogP contribution in [0.2, 0.25) is 0 Å². The third-order valence-corrected chi connectivity index (χ3v) is 2.31. The first-order valence-electron chi connectivity index (χ1n) is 5.64. The fourth-order valence-corrected chi connectivity index (χ4v) is 1.46. The van der Waals surface area contributed by atoms with E-state index in [0.29, 0.717) is 0 Å². The summed E-state index contributed by atoms with van der Waals surface area (Å²) in [4.78, 5) is 18.5. The molecule has 0 atom stereocenters. The molecule has 0 fully saturated rings. The van der Waals surface area contributed by atoms with Gasteiger partial charge in [0.15, 0.2) is 5.69 Å². The van der Waals surface area contributed by atoms with Crippen LogP contribution in [0.25, 0.3) is 0 Å². The number of aromatic nitrogens is 4. The standard InChI is InChI=1S/C11H10F3N5O2/c1-6(20)17-7-4-15-5-16-10(7)21-9-3-8(11(12,13)14)18-19(9)2/h3-5H,1-2H3,(H,17,20). The van der Waals surface area contributed by atoms with Gasteiger partial charge in [0, 0.05) is 20.0 Å². The lowest BCUT2D eigenvalue weighted by molar-refractivity contribution is -0.141. The lowest BCUT2D eigenvalue weighted by Crippen LogP contribution is -2.08. The molecule has 1 N–H and O–H groups in total. The van der Waals surface area contributed by atoms with E-state index in [0.717, 1.165) is 17.1 Å². The number of hydrogen-bond acceptors (Lipinski definition) is 5. The van der Waals surface area contributed by atoms with E-state index in [1.54, 1.807) is 0 Å². The van der Waals surface area contributed by atoms with Gasteiger partial charge in [0.05, 0.1) is 6.20 Å². The number of rotatable bonds is 3. The van der Waals surface area contributed by atoms with E-state index in [4.69, 9.17) is 4.74 Å². The largest absolute Gasteiger partial charge is 0.435 e. The smallest absolute Gasteiger partial charge is 0.419 e. The second-order valence-electron chi connectivity index (χ2n) is 4.01. The monoisotopic (exact) mass is 301 g/mol. The van der Waals surface area contributed by atoms with Crippen LogP contribution in [0.3, 0.4) is 0 Å². The Bertz CT molecular complexity index is 668. The van der Waals surface area contributed by atoms with Crippen molar-refractivity contribution in [3.63, 3.8) is 0 Å². The molecule has 7 nitrogen and oxygen atoms in total. The minimum absolute atomic E-state index is 0.0862. The van der Waals surface area contributed by atoms with Gasteiger partial charge in [0.1, 0.15) is 12.0 Å². The predicted molar refractivity (Wildman–Crippen MR) is 64.6 cm³/mol. The highest BCUT2D eigenvalue weighted by molar-refractivity contribution is 5.89. The van der Waals surface area contributed by atoms with Crippen molar-refractivity contribution < 1.29 is 22.7 Å². The minimum Gasteiger partial charge on any atom is -0.419 e. The maximum Gasteiger partial charge on any atom is 0.435 e. The van der Waals surface area contributed by atoms with Gasteiger partial charge in [-0.3, -0.25) is 4.79 Å². The van der Waals surface area contributed by atoms with Crippen molar-refractivity contribution in [2.24, 2.45) is 7.05 Å². The normalized spacial score (nSPS) is 11.3. The number of nitrogens with zero attached hydrogens (tertiary/aromatic N) is 4. The molecular weight excluding hydrogens is 291 g/mol. The maximum absolute atomic E-state index is 12.6. The second kappa shape index (κ2) is 5.38. The van der Waals surface area contributed by atoms with Crippen LogP contribution < -0.4 is 10.1 Å². The quantitative estimate of drug-likeness (QED) is 0.937. The Morgan fingerprint density at radius 2 is 2.14 bits per heavy atom. The maximum atomic E-state index is 12.6. The molecule has 0 aliphatic rings. The summed E-state index contributed by atoms with van der Waals surface area (Å²) < 4.78 is 43.8. The van der Waals surface area contributed by atoms with Crippen LogP contribution in [0.5, 0.6) is 11.8 Å². The number of hydrogen-bond donors (Lipinski definition) is 1. The van der Waals surface area contributed by atoms with E-state index >= 15 is 0 Å². The van der Waals surface area contributed by atoms with Gasteiger partial charge in [-0.15, -0.1) is 0 Å². The molecule has 112 valence electrons. The van der Waals surface area contributed by atoms with Crippen molar-refractivity contribution in [2.75, 3.05) is 5.32 Å². The number of aryl methyl sites for hydroxylation is 1. The zero-order chi connectivity index (χ0) is 15.6. The van der Waals surface area contributed by atoms with Crippen molar-refractivity contribution in [3.05, 3.63) is 24.3 Å². The van der Waals surface area contributed by atoms with Gasteiger partial charge in [-0.2, -0.15) is 23.3 Å². The van der Waals surface area contributed by atoms with Gasteiger partial charge in [-0.25, -0.2) is 9.67 Å². The zero-order valence-electron chi connectivity index (χ0n) is 11.0. The van der Waals surface area contributed by atoms with Crippen LogP contribution in [-0.2, 0) is 18.0 Å². The second-order valence-corrected chi connectivity index (χ2v) is 4.01. The summed E-state index contributed by atoms with van der Waals surface area (Å²) >= 11 is 0. The van der Waals surface area contributed by atoms with Gasteiger partial charge in [0.25, 0.3) is 0 Å². The van der Waals surface area contributed by atoms with Crippen LogP contribution in [0, 0.1) is 0 Å². The molecule has 10 heteroatoms. The van der Waals surface area contributed by atoms with Crippen LogP contribution >= 0.6 is 0 Å². The number of carbonyl (C=O) groups excluding carboxylic acids is 1. The van der Waals surface area contributed by atoms with Crippen LogP contribution in [0.4, 0.5) is 18.9 Å². The molecule has 0 aliphatic heterocycles. The molecule has 0 radical (unpaired) electrons. The molecule has 2 aromatic heterocycles. The van der Waals surface area contributed by atoms with E-state index in [1.807, 2.05) is 0 Å². The molecule has 0 bridgehead atoms. The number of amides is 1. The number of nitrogens with one attached hydrogen (secondary N) is 1. The SMILES string of the molecule is CC(=O)Nc1cncnc1Oc1cc(C(F)(F)F)nn1C. The van der Waals surface area contributed by atoms with Crippen molar-refractivity contribution in [1.29, 1.82) is 0 Å². The first-order chi connectivity index (χ1) is 9.77. The summed E-state index contributed by atoms with van der Waals surface area (Å²) in [6, 6.07) is 0.736. The fraction of sp³-hybridized carbons (Fsp3) is 0.273. The Morgan fingerprint density at radius 1 is 1.43 bits per heavy atom. The summed E-state index contributed by atoms with van der Waals surface area (Å²) in [5.74, 6) is -0.653. The van der Waals surface area contributed by atoms with E-state index in [1.165, 1.54) is 20.2 Å². The van der Waals surface area contributed by atoms with Gasteiger partial charge in [-0.1, -0.05) is 0 Å². The number of anilines is 1. The molecular formula is C11H10F3N5O2. The van der Waals surface area contributed by atoms with Gasteiger partial charge in [0.2, 0.25) is 17.7 Å². The van der Waals surface area contributed by atoms with Crippen molar-refractivity contribution in [2.45, 2.75) is 13.1 Å². The van der Waals surface area contributed by atoms with Crippen LogP contribution in [-0.4, -0.2) is 25.7 Å². The molecule has 21 heavy (non-hydrogen) atoms. The lowest BCUT2D eigenvalue weighted by atomic mass is 10.4. The Hall–Kier alpha value is -2.65. The van der Waals surface area contributed by atoms with Gasteiger partial charge < -0.3 is 10.1 Å². The highest BCUT2D eigenvalue weighted by Crippen LogP contribution is 2.32. The Morgan fingerprint density at radius 3 is 2.71 bits per heavy atom. The van der Waals surface area contributed by atoms with Gasteiger partial charge >= 0.3 is 6.18 Å². The molecule has 2 heterocycles. The summed E-state index contributed by atoms with van der Waals surface area (Å²) in [6.07, 6.45) is -2.17. The average Bonchev–Trinajstić information content (AvgIpc) is 2.73. The third-order valence-electron chi connectivity index (χ3n) is 2.31. The Kier molecular flexibility index (Phi) is 3.78. The summed E-state index contributed by atoms with van der Waals surface area (Å²) in [7, 11) is 1.30. The van der Waals surface area contributed by atoms with Crippen LogP contribution in [0.15, 0.2) is 18.6 Å². The third kappa shape index (κ3) is 3.46. The van der Waals surface area contributed by atoms with Crippen molar-refractivity contribution in [3.8, 4) is 11.8 Å². The summed E-state index contributed by atoms with van der Waals surface area (Å²) in [5, 5.41) is 5.71. The number of carbonyl (C=O) groups is 1. The zero-order valence-corrected chi connectivity index (χ0v) is 11.0. The fourth-order valence-electron chi connectivity index (χ4n) is 1.46. The molecule has 2 rings (SSSR count). The van der Waals surface area contributed by atoms with E-state index in [-0.39, 0.29) is 17.4 Å². The highest BCUT2D eigenvalue weighted by atomic mass is 19.4. The van der Waals surface area contributed by atoms with Crippen LogP contribution in [0.1, 0.15) is 12.6 Å². The molecule has 1 amide bonds. The average molecular weight is 301 g/mol. The molecule has 0 saturated carbocycles. The number of alkyl halides is 3. The molecule has 0 aromatic carbocycles. The molecule has 0 aliphatic carbocycles. The van der Waals surface area contributed by atoms with E-state index in [9.17, 15) is 18.0 Å². The summed E-state index contributed by atoms with van der Waals surface area (Å²) in [6.45, 7) is 1.27. The Balaban J connectivity index is 2.31. The summed E-state index contributed by atoms with van der Waals surface area (Å²) in [5.41, 5.74) is -0.949. The first kappa shape index (κ1) is 14.8. The molecule has 0 unspecified atom stereocenters. The Labute approximate surface area is 116 Å². The lowest BCUT2D eigenvalue weighted by Gasteiger charge is -2.08. The molecule has 2 aromatic rings. The highest BCUT2D eigenvalue weighted by Gasteiger charge is 2.35. The van der Waals surface area contributed by atoms with E-state index < -0.39 is 17.8 Å². The van der Waals surface area contributed by atoms with Gasteiger partial charge in [-0.05, 0) is 0 Å². The van der Waals surface area contributed by atoms with Crippen molar-refractivity contribution in [1.82, 2.24) is 19.7 Å². The molecule has 0 saturated heterocycles. The topological polar surface area (TPSA) is 81.9 Å². The first-order valence-corrected chi connectivity index (χ1v) is 5.64. The van der Waals surface area contributed by atoms with Crippen molar-refractivity contribution >= 4 is 11.6 Å². The minimum atomic E-state index is -4.58. The number of ether oxygens (including phenoxy) is 1.